The van der Waals surface area contributed by atoms with Gasteiger partial charge in [0, 0.05) is 31.8 Å². The number of aromatic nitrogens is 3. The number of hydrogen-bond donors (Lipinski definition) is 3. The predicted molar refractivity (Wildman–Crippen MR) is 92.4 cm³/mol. The average molecular weight is 336 g/mol. The molecule has 0 spiro atoms. The van der Waals surface area contributed by atoms with Crippen molar-refractivity contribution in [1.82, 2.24) is 19.9 Å². The molecule has 4 bridgehead atoms. The molecule has 126 valence electrons. The lowest BCUT2D eigenvalue weighted by molar-refractivity contribution is 0.0944. The van der Waals surface area contributed by atoms with Crippen LogP contribution in [0.25, 0.3) is 5.65 Å². The van der Waals surface area contributed by atoms with Gasteiger partial charge >= 0.3 is 0 Å². The van der Waals surface area contributed by atoms with Crippen LogP contribution in [-0.4, -0.2) is 40.7 Å². The van der Waals surface area contributed by atoms with Crippen molar-refractivity contribution in [3.63, 3.8) is 0 Å². The summed E-state index contributed by atoms with van der Waals surface area (Å²) in [4.78, 5) is 16.7. The first-order chi connectivity index (χ1) is 12.2. The first-order valence-electron chi connectivity index (χ1n) is 7.92. The summed E-state index contributed by atoms with van der Waals surface area (Å²) in [6.45, 7) is 0.968. The summed E-state index contributed by atoms with van der Waals surface area (Å²) in [7, 11) is 1.79. The van der Waals surface area contributed by atoms with Crippen LogP contribution in [-0.2, 0) is 0 Å². The van der Waals surface area contributed by atoms with E-state index in [-0.39, 0.29) is 5.91 Å². The second-order valence-corrected chi connectivity index (χ2v) is 5.53. The standard InChI is InChI=1S/C17H16N6O2/c1-18-13-9-15-21-11-4-2-5-12(8-11)25-7-3-6-19-17(24)14-10-20-16(13)23(14)22-15/h4,8-10,18H,3,6-7H2,1H3,(H,19,24)(H,21,22). The van der Waals surface area contributed by atoms with Crippen LogP contribution in [0.4, 0.5) is 17.2 Å². The van der Waals surface area contributed by atoms with Crippen LogP contribution in [0.2, 0.25) is 0 Å². The largest absolute Gasteiger partial charge is 0.485 e. The summed E-state index contributed by atoms with van der Waals surface area (Å²) >= 11 is 0. The van der Waals surface area contributed by atoms with Crippen LogP contribution in [0.3, 0.4) is 0 Å². The third-order valence-electron chi connectivity index (χ3n) is 3.82. The molecule has 8 heteroatoms. The zero-order valence-electron chi connectivity index (χ0n) is 13.6. The van der Waals surface area contributed by atoms with Gasteiger partial charge < -0.3 is 20.7 Å². The molecule has 1 aliphatic heterocycles. The molecule has 0 saturated carbocycles. The molecular weight excluding hydrogens is 320 g/mol. The Bertz CT molecular complexity index is 936. The Morgan fingerprint density at radius 1 is 1.40 bits per heavy atom. The van der Waals surface area contributed by atoms with Crippen LogP contribution in [0.5, 0.6) is 5.75 Å². The lowest BCUT2D eigenvalue weighted by Crippen LogP contribution is -2.27. The second-order valence-electron chi connectivity index (χ2n) is 5.53. The molecule has 2 aromatic heterocycles. The van der Waals surface area contributed by atoms with E-state index < -0.39 is 0 Å². The minimum absolute atomic E-state index is 0.227. The third-order valence-corrected chi connectivity index (χ3v) is 3.82. The zero-order valence-corrected chi connectivity index (χ0v) is 13.6. The Labute approximate surface area is 144 Å². The van der Waals surface area contributed by atoms with Crippen LogP contribution in [0.1, 0.15) is 16.9 Å². The maximum atomic E-state index is 12.4. The number of nitrogens with zero attached hydrogens (tertiary/aromatic N) is 3. The van der Waals surface area contributed by atoms with Gasteiger partial charge in [-0.15, -0.1) is 5.10 Å². The molecule has 0 atom stereocenters. The van der Waals surface area contributed by atoms with Gasteiger partial charge in [-0.25, -0.2) is 9.50 Å². The summed E-state index contributed by atoms with van der Waals surface area (Å²) in [6, 6.07) is 11.3. The Hall–Kier alpha value is -3.47. The van der Waals surface area contributed by atoms with Crippen molar-refractivity contribution in [3.05, 3.63) is 42.2 Å². The van der Waals surface area contributed by atoms with Gasteiger partial charge in [-0.3, -0.25) is 4.79 Å². The van der Waals surface area contributed by atoms with Crippen molar-refractivity contribution in [1.29, 1.82) is 0 Å². The van der Waals surface area contributed by atoms with Gasteiger partial charge in [0.15, 0.2) is 22.9 Å². The number of imidazole rings is 1. The fourth-order valence-corrected chi connectivity index (χ4v) is 2.62. The molecule has 3 aromatic rings. The number of amides is 1. The molecule has 0 fully saturated rings. The number of fused-ring (bicyclic) bond motifs is 3. The van der Waals surface area contributed by atoms with Gasteiger partial charge in [0.2, 0.25) is 0 Å². The number of anilines is 3. The molecule has 1 amide bonds. The number of carbonyl (C=O) groups excluding carboxylic acids is 1. The van der Waals surface area contributed by atoms with E-state index in [2.05, 4.69) is 38.2 Å². The fraction of sp³-hybridized carbons (Fsp3) is 0.235. The van der Waals surface area contributed by atoms with E-state index >= 15 is 0 Å². The van der Waals surface area contributed by atoms with E-state index in [0.717, 1.165) is 11.4 Å². The monoisotopic (exact) mass is 336 g/mol. The molecule has 3 heterocycles. The lowest BCUT2D eigenvalue weighted by Gasteiger charge is -2.12. The maximum Gasteiger partial charge on any atom is 0.271 e. The molecule has 1 aromatic carbocycles. The van der Waals surface area contributed by atoms with Gasteiger partial charge in [-0.05, 0) is 12.5 Å². The average Bonchev–Trinajstić information content (AvgIpc) is 3.04. The number of carbonyl (C=O) groups is 1. The van der Waals surface area contributed by atoms with Gasteiger partial charge in [-0.2, -0.15) is 0 Å². The maximum absolute atomic E-state index is 12.4. The summed E-state index contributed by atoms with van der Waals surface area (Å²) in [5.74, 6) is 0.924. The topological polar surface area (TPSA) is 92.6 Å². The molecule has 0 unspecified atom stereocenters. The van der Waals surface area contributed by atoms with Gasteiger partial charge in [0.05, 0.1) is 24.2 Å². The Kier molecular flexibility index (Phi) is 3.74. The van der Waals surface area contributed by atoms with Gasteiger partial charge in [-0.1, -0.05) is 6.07 Å². The molecular formula is C17H16N6O2. The minimum Gasteiger partial charge on any atom is -0.485 e. The van der Waals surface area contributed by atoms with Gasteiger partial charge in [0.1, 0.15) is 0 Å². The Morgan fingerprint density at radius 2 is 2.32 bits per heavy atom. The van der Waals surface area contributed by atoms with E-state index in [4.69, 9.17) is 4.74 Å². The van der Waals surface area contributed by atoms with E-state index in [1.807, 2.05) is 12.1 Å². The number of ether oxygens (including phenoxy) is 1. The van der Waals surface area contributed by atoms with Crippen molar-refractivity contribution in [2.24, 2.45) is 0 Å². The summed E-state index contributed by atoms with van der Waals surface area (Å²) in [5, 5.41) is 13.6. The number of hydrogen-bond acceptors (Lipinski definition) is 6. The number of rotatable bonds is 1. The van der Waals surface area contributed by atoms with E-state index in [1.165, 1.54) is 10.7 Å². The quantitative estimate of drug-likeness (QED) is 0.625. The molecule has 0 saturated heterocycles. The van der Waals surface area contributed by atoms with Crippen LogP contribution in [0.15, 0.2) is 24.4 Å². The smallest absolute Gasteiger partial charge is 0.271 e. The normalized spacial score (nSPS) is 14.0. The molecule has 25 heavy (non-hydrogen) atoms. The highest BCUT2D eigenvalue weighted by Crippen LogP contribution is 2.23. The van der Waals surface area contributed by atoms with Crippen molar-refractivity contribution in [2.45, 2.75) is 6.42 Å². The summed E-state index contributed by atoms with van der Waals surface area (Å²) < 4.78 is 7.17. The fourth-order valence-electron chi connectivity index (χ4n) is 2.62. The highest BCUT2D eigenvalue weighted by Gasteiger charge is 2.16. The molecule has 1 aliphatic rings. The molecule has 0 radical (unpaired) electrons. The first-order valence-corrected chi connectivity index (χ1v) is 7.92. The lowest BCUT2D eigenvalue weighted by atomic mass is 10.3. The highest BCUT2D eigenvalue weighted by atomic mass is 16.5. The van der Waals surface area contributed by atoms with Crippen molar-refractivity contribution >= 4 is 28.7 Å². The van der Waals surface area contributed by atoms with Crippen molar-refractivity contribution < 1.29 is 9.53 Å². The van der Waals surface area contributed by atoms with Crippen LogP contribution in [0, 0.1) is 12.1 Å². The van der Waals surface area contributed by atoms with Crippen molar-refractivity contribution in [2.75, 3.05) is 30.8 Å². The number of nitrogens with one attached hydrogen (secondary N) is 3. The van der Waals surface area contributed by atoms with Crippen LogP contribution < -0.4 is 20.7 Å². The third kappa shape index (κ3) is 2.87. The Balaban J connectivity index is 1.85. The summed E-state index contributed by atoms with van der Waals surface area (Å²) in [6.07, 6.45) is 2.20. The minimum atomic E-state index is -0.227. The predicted octanol–water partition coefficient (Wildman–Crippen LogP) is 1.63. The summed E-state index contributed by atoms with van der Waals surface area (Å²) in [5.41, 5.74) is 2.49. The van der Waals surface area contributed by atoms with E-state index in [9.17, 15) is 4.79 Å². The van der Waals surface area contributed by atoms with E-state index in [1.54, 1.807) is 13.1 Å². The molecule has 0 aliphatic carbocycles. The van der Waals surface area contributed by atoms with Gasteiger partial charge in [0.25, 0.3) is 5.91 Å². The Morgan fingerprint density at radius 3 is 3.20 bits per heavy atom. The highest BCUT2D eigenvalue weighted by molar-refractivity contribution is 5.94. The van der Waals surface area contributed by atoms with E-state index in [0.29, 0.717) is 42.5 Å². The first kappa shape index (κ1) is 15.1. The zero-order chi connectivity index (χ0) is 17.2. The van der Waals surface area contributed by atoms with Crippen LogP contribution >= 0.6 is 0 Å². The molecule has 4 rings (SSSR count). The molecule has 8 nitrogen and oxygen atoms in total. The second kappa shape index (κ2) is 6.20. The molecule has 3 N–H and O–H groups in total. The van der Waals surface area contributed by atoms with Crippen molar-refractivity contribution in [3.8, 4) is 5.75 Å². The SMILES string of the molecule is CNc1cc2nn3c(cnc13)C(=O)NCCCOc1c#ccc(c1)N2.